The number of benzene rings is 2. The molecule has 4 rings (SSSR count). The van der Waals surface area contributed by atoms with Crippen LogP contribution < -0.4 is 15.5 Å². The zero-order valence-corrected chi connectivity index (χ0v) is 23.1. The van der Waals surface area contributed by atoms with Gasteiger partial charge in [0, 0.05) is 26.2 Å². The molecule has 2 aromatic rings. The van der Waals surface area contributed by atoms with E-state index in [9.17, 15) is 14.4 Å². The van der Waals surface area contributed by atoms with Crippen LogP contribution in [0.5, 0.6) is 0 Å². The first-order chi connectivity index (χ1) is 18.7. The van der Waals surface area contributed by atoms with E-state index in [1.807, 2.05) is 49.3 Å². The molecule has 0 bridgehead atoms. The Morgan fingerprint density at radius 3 is 2.64 bits per heavy atom. The number of nitrogens with zero attached hydrogens (tertiary/aromatic N) is 2. The molecule has 0 aliphatic carbocycles. The zero-order valence-electron chi connectivity index (χ0n) is 22.4. The number of hydrogen-bond acceptors (Lipinski definition) is 7. The van der Waals surface area contributed by atoms with Gasteiger partial charge in [-0.05, 0) is 49.9 Å². The number of anilines is 1. The van der Waals surface area contributed by atoms with Gasteiger partial charge in [-0.1, -0.05) is 41.9 Å². The quantitative estimate of drug-likeness (QED) is 0.455. The second kappa shape index (κ2) is 13.3. The maximum Gasteiger partial charge on any atom is 0.251 e. The van der Waals surface area contributed by atoms with Crippen LogP contribution in [0.1, 0.15) is 42.1 Å². The molecule has 2 aliphatic heterocycles. The van der Waals surface area contributed by atoms with E-state index < -0.39 is 30.3 Å². The molecular formula is C28H35ClN4O6. The van der Waals surface area contributed by atoms with Crippen LogP contribution in [0.25, 0.3) is 0 Å². The van der Waals surface area contributed by atoms with Crippen molar-refractivity contribution >= 4 is 35.0 Å². The molecule has 2 heterocycles. The van der Waals surface area contributed by atoms with E-state index in [1.54, 1.807) is 25.1 Å². The fourth-order valence-electron chi connectivity index (χ4n) is 4.71. The average Bonchev–Trinajstić information content (AvgIpc) is 3.42. The lowest BCUT2D eigenvalue weighted by atomic mass is 10.1. The molecule has 2 aliphatic rings. The van der Waals surface area contributed by atoms with Crippen molar-refractivity contribution in [3.05, 3.63) is 64.7 Å². The Morgan fingerprint density at radius 1 is 1.15 bits per heavy atom. The number of rotatable bonds is 9. The molecule has 2 aromatic carbocycles. The topological polar surface area (TPSA) is 109 Å². The summed E-state index contributed by atoms with van der Waals surface area (Å²) in [6.07, 6.45) is 0.939. The van der Waals surface area contributed by atoms with Crippen LogP contribution in [0, 0.1) is 0 Å². The third kappa shape index (κ3) is 7.27. The van der Waals surface area contributed by atoms with Gasteiger partial charge in [0.1, 0.15) is 12.1 Å². The molecule has 2 fully saturated rings. The summed E-state index contributed by atoms with van der Waals surface area (Å²) in [7, 11) is 3.72. The van der Waals surface area contributed by atoms with Crippen LogP contribution in [0.2, 0.25) is 5.02 Å². The van der Waals surface area contributed by atoms with E-state index in [2.05, 4.69) is 10.6 Å². The Hall–Kier alpha value is -3.18. The number of carbonyl (C=O) groups excluding carboxylic acids is 3. The first-order valence-corrected chi connectivity index (χ1v) is 13.4. The Bertz CT molecular complexity index is 1160. The van der Waals surface area contributed by atoms with Crippen molar-refractivity contribution in [1.29, 1.82) is 0 Å². The Labute approximate surface area is 233 Å². The fourth-order valence-corrected chi connectivity index (χ4v) is 5.06. The second-order valence-electron chi connectivity index (χ2n) is 9.93. The molecular weight excluding hydrogens is 524 g/mol. The third-order valence-electron chi connectivity index (χ3n) is 6.84. The Balaban J connectivity index is 1.34. The maximum atomic E-state index is 13.3. The van der Waals surface area contributed by atoms with Gasteiger partial charge in [0.2, 0.25) is 18.1 Å². The Kier molecular flexibility index (Phi) is 9.79. The first kappa shape index (κ1) is 28.8. The van der Waals surface area contributed by atoms with Crippen molar-refractivity contribution in [3.63, 3.8) is 0 Å². The molecule has 3 amide bonds. The number of amides is 3. The molecule has 2 saturated heterocycles. The highest BCUT2D eigenvalue weighted by Gasteiger charge is 2.39. The van der Waals surface area contributed by atoms with E-state index >= 15 is 0 Å². The van der Waals surface area contributed by atoms with Gasteiger partial charge in [0.05, 0.1) is 30.0 Å². The molecule has 210 valence electrons. The predicted octanol–water partition coefficient (Wildman–Crippen LogP) is 2.89. The normalized spacial score (nSPS) is 21.7. The summed E-state index contributed by atoms with van der Waals surface area (Å²) < 4.78 is 5.87. The molecule has 0 radical (unpaired) electrons. The van der Waals surface area contributed by atoms with Crippen LogP contribution in [-0.4, -0.2) is 74.3 Å². The number of likely N-dealkylation sites (tertiary alicyclic amines) is 1. The lowest BCUT2D eigenvalue weighted by Gasteiger charge is -2.33. The molecule has 2 N–H and O–H groups in total. The highest BCUT2D eigenvalue weighted by Crippen LogP contribution is 2.25. The SMILES string of the molecule is C[C@H](NC(=O)c1ccc(N(C)C)c(Cl)c1)C(=O)N1CCC[C@H]1C(=O)N[C@H]1CCOOC1OCc1ccccc1. The number of carbonyl (C=O) groups is 3. The maximum absolute atomic E-state index is 13.3. The number of halogens is 1. The van der Waals surface area contributed by atoms with Crippen LogP contribution in [0.4, 0.5) is 5.69 Å². The van der Waals surface area contributed by atoms with Crippen LogP contribution >= 0.6 is 11.6 Å². The Morgan fingerprint density at radius 2 is 1.92 bits per heavy atom. The van der Waals surface area contributed by atoms with Crippen molar-refractivity contribution in [2.24, 2.45) is 0 Å². The average molecular weight is 559 g/mol. The fraction of sp³-hybridized carbons (Fsp3) is 0.464. The summed E-state index contributed by atoms with van der Waals surface area (Å²) in [6.45, 7) is 2.66. The molecule has 0 aromatic heterocycles. The minimum absolute atomic E-state index is 0.283. The summed E-state index contributed by atoms with van der Waals surface area (Å²) in [6, 6.07) is 12.7. The smallest absolute Gasteiger partial charge is 0.251 e. The molecule has 11 heteroatoms. The third-order valence-corrected chi connectivity index (χ3v) is 7.14. The van der Waals surface area contributed by atoms with Gasteiger partial charge in [0.25, 0.3) is 5.91 Å². The van der Waals surface area contributed by atoms with Crippen LogP contribution in [0.15, 0.2) is 48.5 Å². The number of hydrogen-bond donors (Lipinski definition) is 2. The lowest BCUT2D eigenvalue weighted by Crippen LogP contribution is -2.56. The van der Waals surface area contributed by atoms with E-state index in [0.717, 1.165) is 11.3 Å². The van der Waals surface area contributed by atoms with Crippen molar-refractivity contribution in [3.8, 4) is 0 Å². The van der Waals surface area contributed by atoms with Gasteiger partial charge in [-0.25, -0.2) is 9.78 Å². The van der Waals surface area contributed by atoms with Crippen molar-refractivity contribution in [2.45, 2.75) is 57.2 Å². The molecule has 39 heavy (non-hydrogen) atoms. The minimum atomic E-state index is -0.827. The van der Waals surface area contributed by atoms with Gasteiger partial charge in [-0.3, -0.25) is 14.4 Å². The number of nitrogens with one attached hydrogen (secondary N) is 2. The van der Waals surface area contributed by atoms with E-state index in [1.165, 1.54) is 4.90 Å². The van der Waals surface area contributed by atoms with Crippen molar-refractivity contribution in [1.82, 2.24) is 15.5 Å². The summed E-state index contributed by atoms with van der Waals surface area (Å²) in [5, 5.41) is 6.16. The predicted molar refractivity (Wildman–Crippen MR) is 146 cm³/mol. The second-order valence-corrected chi connectivity index (χ2v) is 10.3. The molecule has 0 saturated carbocycles. The van der Waals surface area contributed by atoms with E-state index in [-0.39, 0.29) is 11.8 Å². The van der Waals surface area contributed by atoms with E-state index in [0.29, 0.717) is 49.6 Å². The van der Waals surface area contributed by atoms with E-state index in [4.69, 9.17) is 26.1 Å². The van der Waals surface area contributed by atoms with Crippen molar-refractivity contribution in [2.75, 3.05) is 32.1 Å². The highest BCUT2D eigenvalue weighted by atomic mass is 35.5. The monoisotopic (exact) mass is 558 g/mol. The molecule has 10 nitrogen and oxygen atoms in total. The molecule has 1 unspecified atom stereocenters. The molecule has 4 atom stereocenters. The summed E-state index contributed by atoms with van der Waals surface area (Å²) >= 11 is 6.30. The van der Waals surface area contributed by atoms with Gasteiger partial charge in [-0.15, -0.1) is 0 Å². The minimum Gasteiger partial charge on any atom is -0.376 e. The summed E-state index contributed by atoms with van der Waals surface area (Å²) in [5.74, 6) is -1.02. The molecule has 0 spiro atoms. The first-order valence-electron chi connectivity index (χ1n) is 13.1. The van der Waals surface area contributed by atoms with Crippen LogP contribution in [-0.2, 0) is 30.7 Å². The summed E-state index contributed by atoms with van der Waals surface area (Å²) in [5.41, 5.74) is 2.10. The van der Waals surface area contributed by atoms with Gasteiger partial charge < -0.3 is 25.2 Å². The largest absolute Gasteiger partial charge is 0.376 e. The number of ether oxygens (including phenoxy) is 1. The zero-order chi connectivity index (χ0) is 27.9. The van der Waals surface area contributed by atoms with Crippen LogP contribution in [0.3, 0.4) is 0 Å². The summed E-state index contributed by atoms with van der Waals surface area (Å²) in [4.78, 5) is 53.2. The van der Waals surface area contributed by atoms with Gasteiger partial charge in [0.15, 0.2) is 0 Å². The standard InChI is InChI=1S/C28H35ClN4O6/c1-18(30-25(34)20-11-12-23(32(2)3)21(29)16-20)27(36)33-14-7-10-24(33)26(35)31-22-13-15-38-39-28(22)37-17-19-8-5-4-6-9-19/h4-6,8-9,11-12,16,18,22,24,28H,7,10,13-15,17H2,1-3H3,(H,30,34)(H,31,35)/t18-,22-,24-,28?/m0/s1. The van der Waals surface area contributed by atoms with Gasteiger partial charge in [-0.2, -0.15) is 0 Å². The lowest BCUT2D eigenvalue weighted by molar-refractivity contribution is -0.406. The van der Waals surface area contributed by atoms with Crippen molar-refractivity contribution < 1.29 is 28.9 Å². The van der Waals surface area contributed by atoms with Gasteiger partial charge >= 0.3 is 0 Å². The highest BCUT2D eigenvalue weighted by molar-refractivity contribution is 6.33.